The van der Waals surface area contributed by atoms with Gasteiger partial charge in [0.1, 0.15) is 18.1 Å². The molecule has 0 aliphatic heterocycles. The zero-order valence-corrected chi connectivity index (χ0v) is 13.1. The maximum atomic E-state index is 9.57. The quantitative estimate of drug-likeness (QED) is 0.895. The van der Waals surface area contributed by atoms with E-state index in [1.807, 2.05) is 37.3 Å². The van der Waals surface area contributed by atoms with E-state index in [0.29, 0.717) is 11.6 Å². The van der Waals surface area contributed by atoms with Crippen LogP contribution in [0.15, 0.2) is 36.4 Å². The van der Waals surface area contributed by atoms with Crippen LogP contribution in [0.4, 0.5) is 0 Å². The number of rotatable bonds is 5. The van der Waals surface area contributed by atoms with Crippen LogP contribution in [0.25, 0.3) is 0 Å². The van der Waals surface area contributed by atoms with E-state index in [1.165, 1.54) is 0 Å². The van der Waals surface area contributed by atoms with Gasteiger partial charge in [-0.2, -0.15) is 0 Å². The third-order valence-electron chi connectivity index (χ3n) is 3.31. The van der Waals surface area contributed by atoms with Crippen LogP contribution in [0.1, 0.15) is 29.7 Å². The second kappa shape index (κ2) is 6.83. The first-order valence-electron chi connectivity index (χ1n) is 6.75. The first-order chi connectivity index (χ1) is 10.0. The fourth-order valence-corrected chi connectivity index (χ4v) is 2.30. The summed E-state index contributed by atoms with van der Waals surface area (Å²) in [6.07, 6.45) is -0.481. The molecule has 1 N–H and O–H groups in total. The van der Waals surface area contributed by atoms with Gasteiger partial charge in [0.2, 0.25) is 0 Å². The van der Waals surface area contributed by atoms with E-state index in [9.17, 15) is 5.11 Å². The van der Waals surface area contributed by atoms with Crippen LogP contribution in [0.5, 0.6) is 11.5 Å². The van der Waals surface area contributed by atoms with Crippen LogP contribution in [0, 0.1) is 6.92 Å². The Hall–Kier alpha value is -1.71. The first kappa shape index (κ1) is 15.7. The van der Waals surface area contributed by atoms with Crippen LogP contribution in [0.3, 0.4) is 0 Å². The van der Waals surface area contributed by atoms with Crippen LogP contribution in [-0.2, 0) is 6.61 Å². The SMILES string of the molecule is COc1ccc(Cl)cc1COc1ccc(C(C)O)cc1C. The topological polar surface area (TPSA) is 38.7 Å². The lowest BCUT2D eigenvalue weighted by molar-refractivity contribution is 0.199. The molecule has 0 aliphatic rings. The minimum atomic E-state index is -0.481. The third kappa shape index (κ3) is 3.90. The van der Waals surface area contributed by atoms with Gasteiger partial charge >= 0.3 is 0 Å². The first-order valence-corrected chi connectivity index (χ1v) is 7.13. The van der Waals surface area contributed by atoms with E-state index in [1.54, 1.807) is 20.1 Å². The van der Waals surface area contributed by atoms with E-state index < -0.39 is 6.10 Å². The van der Waals surface area contributed by atoms with Crippen molar-refractivity contribution in [2.45, 2.75) is 26.6 Å². The predicted molar refractivity (Wildman–Crippen MR) is 84.1 cm³/mol. The van der Waals surface area contributed by atoms with Crippen molar-refractivity contribution in [3.8, 4) is 11.5 Å². The maximum Gasteiger partial charge on any atom is 0.125 e. The Morgan fingerprint density at radius 2 is 1.86 bits per heavy atom. The number of ether oxygens (including phenoxy) is 2. The molecule has 0 fully saturated rings. The molecule has 0 aromatic heterocycles. The monoisotopic (exact) mass is 306 g/mol. The smallest absolute Gasteiger partial charge is 0.125 e. The van der Waals surface area contributed by atoms with Crippen LogP contribution < -0.4 is 9.47 Å². The molecule has 0 amide bonds. The molecule has 2 rings (SSSR count). The highest BCUT2D eigenvalue weighted by molar-refractivity contribution is 6.30. The molecule has 0 spiro atoms. The normalized spacial score (nSPS) is 12.0. The minimum Gasteiger partial charge on any atom is -0.496 e. The van der Waals surface area contributed by atoms with Gasteiger partial charge in [-0.05, 0) is 55.3 Å². The Labute approximate surface area is 130 Å². The van der Waals surface area contributed by atoms with Crippen molar-refractivity contribution in [3.63, 3.8) is 0 Å². The average molecular weight is 307 g/mol. The number of hydrogen-bond acceptors (Lipinski definition) is 3. The Morgan fingerprint density at radius 3 is 2.48 bits per heavy atom. The lowest BCUT2D eigenvalue weighted by Gasteiger charge is -2.14. The molecule has 0 heterocycles. The number of halogens is 1. The molecule has 3 nitrogen and oxygen atoms in total. The Bertz CT molecular complexity index is 623. The van der Waals surface area contributed by atoms with Crippen molar-refractivity contribution < 1.29 is 14.6 Å². The summed E-state index contributed by atoms with van der Waals surface area (Å²) >= 11 is 6.00. The number of methoxy groups -OCH3 is 1. The largest absolute Gasteiger partial charge is 0.496 e. The molecule has 21 heavy (non-hydrogen) atoms. The van der Waals surface area contributed by atoms with E-state index in [0.717, 1.165) is 28.2 Å². The van der Waals surface area contributed by atoms with E-state index >= 15 is 0 Å². The summed E-state index contributed by atoms with van der Waals surface area (Å²) in [6.45, 7) is 4.07. The Morgan fingerprint density at radius 1 is 1.14 bits per heavy atom. The van der Waals surface area contributed by atoms with Gasteiger partial charge in [0.15, 0.2) is 0 Å². The van der Waals surface area contributed by atoms with Crippen molar-refractivity contribution in [2.24, 2.45) is 0 Å². The molecule has 0 aliphatic carbocycles. The molecule has 0 radical (unpaired) electrons. The fourth-order valence-electron chi connectivity index (χ4n) is 2.11. The molecule has 0 bridgehead atoms. The molecule has 0 saturated carbocycles. The van der Waals surface area contributed by atoms with Crippen molar-refractivity contribution in [3.05, 3.63) is 58.1 Å². The molecule has 1 unspecified atom stereocenters. The molecule has 1 atom stereocenters. The van der Waals surface area contributed by atoms with Gasteiger partial charge in [-0.3, -0.25) is 0 Å². The zero-order chi connectivity index (χ0) is 15.4. The molecule has 2 aromatic carbocycles. The van der Waals surface area contributed by atoms with Gasteiger partial charge in [-0.15, -0.1) is 0 Å². The predicted octanol–water partition coefficient (Wildman–Crippen LogP) is 4.29. The summed E-state index contributed by atoms with van der Waals surface area (Å²) in [6, 6.07) is 11.1. The molecule has 2 aromatic rings. The van der Waals surface area contributed by atoms with Gasteiger partial charge in [-0.25, -0.2) is 0 Å². The lowest BCUT2D eigenvalue weighted by Crippen LogP contribution is -2.01. The molecule has 112 valence electrons. The van der Waals surface area contributed by atoms with Crippen LogP contribution >= 0.6 is 11.6 Å². The van der Waals surface area contributed by atoms with Gasteiger partial charge in [-0.1, -0.05) is 17.7 Å². The number of aryl methyl sites for hydroxylation is 1. The van der Waals surface area contributed by atoms with Crippen molar-refractivity contribution >= 4 is 11.6 Å². The Balaban J connectivity index is 2.15. The molecule has 0 saturated heterocycles. The summed E-state index contributed by atoms with van der Waals surface area (Å²) in [5.74, 6) is 1.53. The highest BCUT2D eigenvalue weighted by Gasteiger charge is 2.08. The van der Waals surface area contributed by atoms with Gasteiger partial charge in [0.25, 0.3) is 0 Å². The number of aliphatic hydroxyl groups excluding tert-OH is 1. The van der Waals surface area contributed by atoms with E-state index in [2.05, 4.69) is 0 Å². The summed E-state index contributed by atoms with van der Waals surface area (Å²) < 4.78 is 11.1. The standard InChI is InChI=1S/C17H19ClO3/c1-11-8-13(12(2)19)4-6-16(11)21-10-14-9-15(18)5-7-17(14)20-3/h4-9,12,19H,10H2,1-3H3. The number of aliphatic hydroxyl groups is 1. The van der Waals surface area contributed by atoms with Crippen LogP contribution in [-0.4, -0.2) is 12.2 Å². The van der Waals surface area contributed by atoms with Gasteiger partial charge in [0, 0.05) is 10.6 Å². The second-order valence-corrected chi connectivity index (χ2v) is 5.38. The number of benzene rings is 2. The molecular formula is C17H19ClO3. The van der Waals surface area contributed by atoms with Crippen molar-refractivity contribution in [1.29, 1.82) is 0 Å². The fraction of sp³-hybridized carbons (Fsp3) is 0.294. The van der Waals surface area contributed by atoms with Gasteiger partial charge in [0.05, 0.1) is 13.2 Å². The van der Waals surface area contributed by atoms with E-state index in [-0.39, 0.29) is 0 Å². The van der Waals surface area contributed by atoms with Gasteiger partial charge < -0.3 is 14.6 Å². The maximum absolute atomic E-state index is 9.57. The van der Waals surface area contributed by atoms with Crippen molar-refractivity contribution in [1.82, 2.24) is 0 Å². The second-order valence-electron chi connectivity index (χ2n) is 4.95. The summed E-state index contributed by atoms with van der Waals surface area (Å²) in [5.41, 5.74) is 2.75. The third-order valence-corrected chi connectivity index (χ3v) is 3.54. The zero-order valence-electron chi connectivity index (χ0n) is 12.4. The minimum absolute atomic E-state index is 0.374. The lowest BCUT2D eigenvalue weighted by atomic mass is 10.1. The highest BCUT2D eigenvalue weighted by Crippen LogP contribution is 2.27. The Kier molecular flexibility index (Phi) is 5.10. The molecular weight excluding hydrogens is 288 g/mol. The molecule has 4 heteroatoms. The summed E-state index contributed by atoms with van der Waals surface area (Å²) in [5, 5.41) is 10.2. The average Bonchev–Trinajstić information content (AvgIpc) is 2.46. The summed E-state index contributed by atoms with van der Waals surface area (Å²) in [7, 11) is 1.62. The van der Waals surface area contributed by atoms with Crippen LogP contribution in [0.2, 0.25) is 5.02 Å². The highest BCUT2D eigenvalue weighted by atomic mass is 35.5. The number of hydrogen-bond donors (Lipinski definition) is 1. The van der Waals surface area contributed by atoms with Crippen molar-refractivity contribution in [2.75, 3.05) is 7.11 Å². The van der Waals surface area contributed by atoms with E-state index in [4.69, 9.17) is 21.1 Å². The summed E-state index contributed by atoms with van der Waals surface area (Å²) in [4.78, 5) is 0.